The number of aromatic nitrogens is 2. The number of thiophene rings is 1. The van der Waals surface area contributed by atoms with E-state index in [0.29, 0.717) is 15.8 Å². The van der Waals surface area contributed by atoms with Crippen molar-refractivity contribution in [3.8, 4) is 0 Å². The number of nitrogens with zero attached hydrogens (tertiary/aromatic N) is 2. The van der Waals surface area contributed by atoms with E-state index in [2.05, 4.69) is 20.9 Å². The number of carbonyl (C=O) groups excluding carboxylic acids is 1. The molecule has 0 aliphatic carbocycles. The zero-order valence-corrected chi connectivity index (χ0v) is 12.6. The van der Waals surface area contributed by atoms with Gasteiger partial charge in [0.05, 0.1) is 18.3 Å². The Balaban J connectivity index is 1.97. The van der Waals surface area contributed by atoms with E-state index >= 15 is 0 Å². The fourth-order valence-electron chi connectivity index (χ4n) is 1.93. The third-order valence-corrected chi connectivity index (χ3v) is 4.45. The van der Waals surface area contributed by atoms with Crippen LogP contribution in [0.25, 0.3) is 10.2 Å². The average molecular weight is 349 g/mol. The summed E-state index contributed by atoms with van der Waals surface area (Å²) in [4.78, 5) is 29.3. The maximum atomic E-state index is 12.2. The van der Waals surface area contributed by atoms with Crippen molar-refractivity contribution in [2.24, 2.45) is 0 Å². The normalized spacial score (nSPS) is 10.8. The molecule has 0 N–H and O–H groups in total. The lowest BCUT2D eigenvalue weighted by molar-refractivity contribution is 0.0970. The van der Waals surface area contributed by atoms with Crippen LogP contribution in [0.3, 0.4) is 0 Å². The number of fused-ring (bicyclic) bond motifs is 1. The lowest BCUT2D eigenvalue weighted by Crippen LogP contribution is -2.24. The first kappa shape index (κ1) is 13.2. The molecular weight excluding hydrogens is 340 g/mol. The molecule has 0 unspecified atom stereocenters. The summed E-state index contributed by atoms with van der Waals surface area (Å²) < 4.78 is 2.07. The molecule has 2 aromatic heterocycles. The highest BCUT2D eigenvalue weighted by Gasteiger charge is 2.12. The second-order valence-corrected chi connectivity index (χ2v) is 5.97. The molecule has 0 atom stereocenters. The summed E-state index contributed by atoms with van der Waals surface area (Å²) in [5, 5.41) is 2.37. The monoisotopic (exact) mass is 348 g/mol. The van der Waals surface area contributed by atoms with Crippen LogP contribution in [-0.2, 0) is 6.54 Å². The number of hydrogen-bond donors (Lipinski definition) is 0. The molecule has 1 aromatic carbocycles. The molecule has 0 bridgehead atoms. The van der Waals surface area contributed by atoms with Gasteiger partial charge in [-0.25, -0.2) is 4.98 Å². The molecule has 0 spiro atoms. The van der Waals surface area contributed by atoms with E-state index in [1.165, 1.54) is 22.2 Å². The van der Waals surface area contributed by atoms with Crippen molar-refractivity contribution >= 4 is 43.3 Å². The quantitative estimate of drug-likeness (QED) is 0.683. The molecule has 3 aromatic rings. The molecule has 0 aliphatic heterocycles. The highest BCUT2D eigenvalue weighted by Crippen LogP contribution is 2.17. The summed E-state index contributed by atoms with van der Waals surface area (Å²) in [5.74, 6) is -0.129. The molecule has 0 saturated heterocycles. The van der Waals surface area contributed by atoms with E-state index in [9.17, 15) is 9.59 Å². The Bertz CT molecular complexity index is 854. The molecule has 3 rings (SSSR count). The van der Waals surface area contributed by atoms with Gasteiger partial charge in [-0.2, -0.15) is 0 Å². The van der Waals surface area contributed by atoms with Crippen molar-refractivity contribution < 1.29 is 4.79 Å². The third kappa shape index (κ3) is 2.32. The molecule has 0 radical (unpaired) electrons. The zero-order valence-electron chi connectivity index (χ0n) is 10.2. The van der Waals surface area contributed by atoms with E-state index < -0.39 is 0 Å². The average Bonchev–Trinajstić information content (AvgIpc) is 2.91. The van der Waals surface area contributed by atoms with E-state index in [1.807, 2.05) is 11.4 Å². The SMILES string of the molecule is O=C(Cn1cnc2sccc2c1=O)c1ccccc1Br. The van der Waals surface area contributed by atoms with E-state index in [0.717, 1.165) is 4.47 Å². The molecule has 100 valence electrons. The predicted octanol–water partition coefficient (Wildman–Crippen LogP) is 3.10. The first-order valence-electron chi connectivity index (χ1n) is 5.87. The van der Waals surface area contributed by atoms with Crippen LogP contribution in [0.15, 0.2) is 51.3 Å². The number of rotatable bonds is 3. The summed E-state index contributed by atoms with van der Waals surface area (Å²) in [6.45, 7) is -0.0137. The minimum absolute atomic E-state index is 0.0137. The van der Waals surface area contributed by atoms with Crippen LogP contribution in [0, 0.1) is 0 Å². The molecule has 20 heavy (non-hydrogen) atoms. The van der Waals surface area contributed by atoms with Gasteiger partial charge in [0.2, 0.25) is 0 Å². The van der Waals surface area contributed by atoms with Gasteiger partial charge in [0.15, 0.2) is 5.78 Å². The Morgan fingerprint density at radius 3 is 2.90 bits per heavy atom. The number of hydrogen-bond acceptors (Lipinski definition) is 4. The third-order valence-electron chi connectivity index (χ3n) is 2.94. The van der Waals surface area contributed by atoms with Crippen LogP contribution in [0.5, 0.6) is 0 Å². The van der Waals surface area contributed by atoms with Gasteiger partial charge in [-0.3, -0.25) is 14.2 Å². The van der Waals surface area contributed by atoms with Gasteiger partial charge in [-0.1, -0.05) is 34.1 Å². The Labute approximate surface area is 126 Å². The Hall–Kier alpha value is -1.79. The second kappa shape index (κ2) is 5.30. The summed E-state index contributed by atoms with van der Waals surface area (Å²) in [6.07, 6.45) is 1.43. The standard InChI is InChI=1S/C14H9BrN2O2S/c15-11-4-2-1-3-9(11)12(18)7-17-8-16-13-10(14(17)19)5-6-20-13/h1-6,8H,7H2. The second-order valence-electron chi connectivity index (χ2n) is 4.22. The van der Waals surface area contributed by atoms with Gasteiger partial charge < -0.3 is 0 Å². The first-order chi connectivity index (χ1) is 9.66. The maximum Gasteiger partial charge on any atom is 0.262 e. The van der Waals surface area contributed by atoms with Crippen LogP contribution in [0.2, 0.25) is 0 Å². The summed E-state index contributed by atoms with van der Waals surface area (Å²) in [6, 6.07) is 8.90. The van der Waals surface area contributed by atoms with Crippen LogP contribution >= 0.6 is 27.3 Å². The van der Waals surface area contributed by atoms with Crippen molar-refractivity contribution in [3.63, 3.8) is 0 Å². The van der Waals surface area contributed by atoms with Crippen molar-refractivity contribution in [2.45, 2.75) is 6.54 Å². The highest BCUT2D eigenvalue weighted by molar-refractivity contribution is 9.10. The fraction of sp³-hybridized carbons (Fsp3) is 0.0714. The smallest absolute Gasteiger partial charge is 0.262 e. The molecule has 0 amide bonds. The van der Waals surface area contributed by atoms with E-state index in [4.69, 9.17) is 0 Å². The van der Waals surface area contributed by atoms with Gasteiger partial charge in [0, 0.05) is 10.0 Å². The van der Waals surface area contributed by atoms with Gasteiger partial charge in [0.25, 0.3) is 5.56 Å². The van der Waals surface area contributed by atoms with Crippen molar-refractivity contribution in [1.29, 1.82) is 0 Å². The number of benzene rings is 1. The number of carbonyl (C=O) groups is 1. The lowest BCUT2D eigenvalue weighted by atomic mass is 10.1. The summed E-state index contributed by atoms with van der Waals surface area (Å²) in [5.41, 5.74) is 0.376. The largest absolute Gasteiger partial charge is 0.292 e. The molecular formula is C14H9BrN2O2S. The van der Waals surface area contributed by atoms with Crippen molar-refractivity contribution in [2.75, 3.05) is 0 Å². The summed E-state index contributed by atoms with van der Waals surface area (Å²) in [7, 11) is 0. The summed E-state index contributed by atoms with van der Waals surface area (Å²) >= 11 is 4.75. The molecule has 0 saturated carbocycles. The highest BCUT2D eigenvalue weighted by atomic mass is 79.9. The number of halogens is 1. The molecule has 4 nitrogen and oxygen atoms in total. The predicted molar refractivity (Wildman–Crippen MR) is 82.4 cm³/mol. The van der Waals surface area contributed by atoms with Crippen LogP contribution in [0.4, 0.5) is 0 Å². The molecule has 2 heterocycles. The van der Waals surface area contributed by atoms with Crippen LogP contribution < -0.4 is 5.56 Å². The Morgan fingerprint density at radius 1 is 1.30 bits per heavy atom. The Kier molecular flexibility index (Phi) is 3.50. The minimum atomic E-state index is -0.184. The van der Waals surface area contributed by atoms with Crippen LogP contribution in [0.1, 0.15) is 10.4 Å². The van der Waals surface area contributed by atoms with Crippen LogP contribution in [-0.4, -0.2) is 15.3 Å². The van der Waals surface area contributed by atoms with E-state index in [1.54, 1.807) is 24.3 Å². The minimum Gasteiger partial charge on any atom is -0.292 e. The van der Waals surface area contributed by atoms with Gasteiger partial charge in [-0.05, 0) is 17.5 Å². The fourth-order valence-corrected chi connectivity index (χ4v) is 3.16. The maximum absolute atomic E-state index is 12.2. The van der Waals surface area contributed by atoms with Gasteiger partial charge >= 0.3 is 0 Å². The zero-order chi connectivity index (χ0) is 14.1. The molecule has 0 aliphatic rings. The Morgan fingerprint density at radius 2 is 2.10 bits per heavy atom. The molecule has 6 heteroatoms. The van der Waals surface area contributed by atoms with Crippen molar-refractivity contribution in [1.82, 2.24) is 9.55 Å². The van der Waals surface area contributed by atoms with Gasteiger partial charge in [0.1, 0.15) is 4.83 Å². The molecule has 0 fully saturated rings. The first-order valence-corrected chi connectivity index (χ1v) is 7.54. The lowest BCUT2D eigenvalue weighted by Gasteiger charge is -2.06. The number of ketones is 1. The van der Waals surface area contributed by atoms with E-state index in [-0.39, 0.29) is 17.9 Å². The topological polar surface area (TPSA) is 52.0 Å². The number of Topliss-reactive ketones (excluding diaryl/α,β-unsaturated/α-hetero) is 1. The van der Waals surface area contributed by atoms with Gasteiger partial charge in [-0.15, -0.1) is 11.3 Å². The van der Waals surface area contributed by atoms with Crippen molar-refractivity contribution in [3.05, 3.63) is 62.4 Å².